The number of carbonyl (C=O) groups excluding carboxylic acids is 1. The van der Waals surface area contributed by atoms with E-state index in [0.717, 1.165) is 30.4 Å². The fourth-order valence-corrected chi connectivity index (χ4v) is 2.08. The molecule has 0 aliphatic heterocycles. The molecule has 1 atom stereocenters. The number of ketones is 1. The van der Waals surface area contributed by atoms with Crippen LogP contribution in [0, 0.1) is 0 Å². The van der Waals surface area contributed by atoms with E-state index in [-0.39, 0.29) is 5.78 Å². The zero-order valence-corrected chi connectivity index (χ0v) is 14.9. The predicted octanol–water partition coefficient (Wildman–Crippen LogP) is 5.30. The lowest BCUT2D eigenvalue weighted by atomic mass is 9.99. The van der Waals surface area contributed by atoms with Gasteiger partial charge in [0.15, 0.2) is 5.78 Å². The molecule has 1 unspecified atom stereocenters. The summed E-state index contributed by atoms with van der Waals surface area (Å²) in [7, 11) is 0. The summed E-state index contributed by atoms with van der Waals surface area (Å²) >= 11 is 0. The van der Waals surface area contributed by atoms with E-state index in [1.807, 2.05) is 20.8 Å². The molecule has 22 heavy (non-hydrogen) atoms. The Bertz CT molecular complexity index is 458. The highest BCUT2D eigenvalue weighted by molar-refractivity contribution is 5.91. The third-order valence-electron chi connectivity index (χ3n) is 3.52. The first-order valence-corrected chi connectivity index (χ1v) is 8.01. The first kappa shape index (κ1) is 20.6. The molecule has 0 saturated carbocycles. The van der Waals surface area contributed by atoms with Gasteiger partial charge in [-0.2, -0.15) is 0 Å². The molecule has 0 spiro atoms. The standard InChI is InChI=1S/C20H32O2/c1-7-20(6,22)13-9-12-17(4)10-8-11-18(5)15-19(21)14-16(2)3/h7,11-12,14,22H,1,8-10,13,15H2,2-6H3. The van der Waals surface area contributed by atoms with Crippen molar-refractivity contribution in [1.29, 1.82) is 0 Å². The van der Waals surface area contributed by atoms with Crippen LogP contribution < -0.4 is 0 Å². The molecule has 0 aromatic carbocycles. The second-order valence-electron chi connectivity index (χ2n) is 6.60. The summed E-state index contributed by atoms with van der Waals surface area (Å²) in [6.07, 6.45) is 11.6. The summed E-state index contributed by atoms with van der Waals surface area (Å²) in [5, 5.41) is 9.84. The lowest BCUT2D eigenvalue weighted by molar-refractivity contribution is -0.114. The van der Waals surface area contributed by atoms with E-state index < -0.39 is 5.60 Å². The van der Waals surface area contributed by atoms with E-state index in [9.17, 15) is 9.90 Å². The molecule has 0 fully saturated rings. The zero-order valence-electron chi connectivity index (χ0n) is 14.9. The van der Waals surface area contributed by atoms with Gasteiger partial charge in [-0.3, -0.25) is 4.79 Å². The molecule has 2 nitrogen and oxygen atoms in total. The summed E-state index contributed by atoms with van der Waals surface area (Å²) in [5.41, 5.74) is 2.72. The van der Waals surface area contributed by atoms with Crippen molar-refractivity contribution in [1.82, 2.24) is 0 Å². The average Bonchev–Trinajstić information content (AvgIpc) is 2.37. The molecule has 0 aliphatic rings. The van der Waals surface area contributed by atoms with Gasteiger partial charge in [-0.1, -0.05) is 34.9 Å². The van der Waals surface area contributed by atoms with Crippen molar-refractivity contribution < 1.29 is 9.90 Å². The van der Waals surface area contributed by atoms with Crippen molar-refractivity contribution in [2.75, 3.05) is 0 Å². The first-order chi connectivity index (χ1) is 10.2. The van der Waals surface area contributed by atoms with Gasteiger partial charge in [0.2, 0.25) is 0 Å². The molecule has 0 amide bonds. The predicted molar refractivity (Wildman–Crippen MR) is 95.9 cm³/mol. The Balaban J connectivity index is 4.16. The van der Waals surface area contributed by atoms with Crippen molar-refractivity contribution in [2.45, 2.75) is 72.3 Å². The Labute approximate surface area is 136 Å². The highest BCUT2D eigenvalue weighted by atomic mass is 16.3. The molecule has 0 bridgehead atoms. The second-order valence-corrected chi connectivity index (χ2v) is 6.60. The van der Waals surface area contributed by atoms with Crippen LogP contribution >= 0.6 is 0 Å². The molecule has 0 rings (SSSR count). The van der Waals surface area contributed by atoms with Gasteiger partial charge in [0.05, 0.1) is 5.60 Å². The van der Waals surface area contributed by atoms with Gasteiger partial charge in [-0.25, -0.2) is 0 Å². The van der Waals surface area contributed by atoms with Crippen molar-refractivity contribution in [3.8, 4) is 0 Å². The van der Waals surface area contributed by atoms with Crippen molar-refractivity contribution >= 4 is 5.78 Å². The SMILES string of the molecule is C=CC(C)(O)CCC=C(C)CCC=C(C)CC(=O)C=C(C)C. The molecule has 2 heteroatoms. The third-order valence-corrected chi connectivity index (χ3v) is 3.52. The molecule has 0 saturated heterocycles. The molecule has 0 aromatic heterocycles. The van der Waals surface area contributed by atoms with Gasteiger partial charge in [-0.05, 0) is 66.4 Å². The number of allylic oxidation sites excluding steroid dienone is 6. The summed E-state index contributed by atoms with van der Waals surface area (Å²) in [6, 6.07) is 0. The largest absolute Gasteiger partial charge is 0.386 e. The molecule has 0 aromatic rings. The van der Waals surface area contributed by atoms with Crippen LogP contribution in [0.1, 0.15) is 66.7 Å². The van der Waals surface area contributed by atoms with Crippen molar-refractivity contribution in [3.63, 3.8) is 0 Å². The lowest BCUT2D eigenvalue weighted by Crippen LogP contribution is -2.19. The van der Waals surface area contributed by atoms with Crippen LogP contribution in [0.3, 0.4) is 0 Å². The molecule has 0 radical (unpaired) electrons. The van der Waals surface area contributed by atoms with Gasteiger partial charge in [0.25, 0.3) is 0 Å². The van der Waals surface area contributed by atoms with Gasteiger partial charge >= 0.3 is 0 Å². The number of aliphatic hydroxyl groups is 1. The summed E-state index contributed by atoms with van der Waals surface area (Å²) in [5.74, 6) is 0.174. The van der Waals surface area contributed by atoms with E-state index in [1.165, 1.54) is 5.57 Å². The number of rotatable bonds is 10. The number of hydrogen-bond donors (Lipinski definition) is 1. The van der Waals surface area contributed by atoms with E-state index >= 15 is 0 Å². The minimum atomic E-state index is -0.779. The van der Waals surface area contributed by atoms with E-state index in [4.69, 9.17) is 0 Å². The summed E-state index contributed by atoms with van der Waals surface area (Å²) in [6.45, 7) is 13.4. The summed E-state index contributed by atoms with van der Waals surface area (Å²) in [4.78, 5) is 11.7. The molecular formula is C20H32O2. The van der Waals surface area contributed by atoms with E-state index in [0.29, 0.717) is 12.8 Å². The van der Waals surface area contributed by atoms with Crippen LogP contribution in [0.15, 0.2) is 47.6 Å². The lowest BCUT2D eigenvalue weighted by Gasteiger charge is -2.16. The van der Waals surface area contributed by atoms with E-state index in [1.54, 1.807) is 19.1 Å². The third kappa shape index (κ3) is 11.3. The Morgan fingerprint density at radius 1 is 1.09 bits per heavy atom. The summed E-state index contributed by atoms with van der Waals surface area (Å²) < 4.78 is 0. The van der Waals surface area contributed by atoms with Crippen LogP contribution in [0.4, 0.5) is 0 Å². The topological polar surface area (TPSA) is 37.3 Å². The first-order valence-electron chi connectivity index (χ1n) is 8.01. The van der Waals surface area contributed by atoms with Crippen LogP contribution in [0.2, 0.25) is 0 Å². The normalized spacial score (nSPS) is 15.2. The van der Waals surface area contributed by atoms with Crippen LogP contribution in [0.25, 0.3) is 0 Å². The zero-order chi connectivity index (χ0) is 17.2. The van der Waals surface area contributed by atoms with Gasteiger partial charge in [0, 0.05) is 6.42 Å². The van der Waals surface area contributed by atoms with Gasteiger partial charge in [0.1, 0.15) is 0 Å². The van der Waals surface area contributed by atoms with Crippen LogP contribution in [0.5, 0.6) is 0 Å². The fraction of sp³-hybridized carbons (Fsp3) is 0.550. The number of carbonyl (C=O) groups is 1. The molecule has 124 valence electrons. The second kappa shape index (κ2) is 10.3. The molecular weight excluding hydrogens is 272 g/mol. The maximum absolute atomic E-state index is 11.7. The molecule has 0 aliphatic carbocycles. The van der Waals surface area contributed by atoms with Crippen LogP contribution in [-0.2, 0) is 4.79 Å². The fourth-order valence-electron chi connectivity index (χ4n) is 2.08. The minimum Gasteiger partial charge on any atom is -0.386 e. The van der Waals surface area contributed by atoms with Gasteiger partial charge in [-0.15, -0.1) is 6.58 Å². The Morgan fingerprint density at radius 2 is 1.68 bits per heavy atom. The Kier molecular flexibility index (Phi) is 9.68. The minimum absolute atomic E-state index is 0.174. The monoisotopic (exact) mass is 304 g/mol. The Hall–Kier alpha value is -1.41. The molecule has 0 heterocycles. The van der Waals surface area contributed by atoms with E-state index in [2.05, 4.69) is 25.7 Å². The number of hydrogen-bond acceptors (Lipinski definition) is 2. The highest BCUT2D eigenvalue weighted by Crippen LogP contribution is 2.16. The highest BCUT2D eigenvalue weighted by Gasteiger charge is 2.13. The van der Waals surface area contributed by atoms with Gasteiger partial charge < -0.3 is 5.11 Å². The Morgan fingerprint density at radius 3 is 2.23 bits per heavy atom. The quantitative estimate of drug-likeness (QED) is 0.439. The van der Waals surface area contributed by atoms with Crippen molar-refractivity contribution in [2.24, 2.45) is 0 Å². The van der Waals surface area contributed by atoms with Crippen LogP contribution in [-0.4, -0.2) is 16.5 Å². The smallest absolute Gasteiger partial charge is 0.159 e. The molecule has 1 N–H and O–H groups in total. The van der Waals surface area contributed by atoms with Crippen molar-refractivity contribution in [3.05, 3.63) is 47.6 Å². The maximum atomic E-state index is 11.7. The average molecular weight is 304 g/mol. The maximum Gasteiger partial charge on any atom is 0.159 e.